The molecule has 0 unspecified atom stereocenters. The van der Waals surface area contributed by atoms with Gasteiger partial charge in [-0.15, -0.1) is 0 Å². The van der Waals surface area contributed by atoms with Crippen molar-refractivity contribution in [2.45, 2.75) is 78.2 Å². The van der Waals surface area contributed by atoms with Crippen molar-refractivity contribution in [1.82, 2.24) is 0 Å². The first kappa shape index (κ1) is 19.2. The highest BCUT2D eigenvalue weighted by molar-refractivity contribution is 5.85. The molecule has 0 heterocycles. The molecule has 0 aliphatic heterocycles. The molecular weight excluding hydrogens is 340 g/mol. The molecule has 4 aliphatic rings. The van der Waals surface area contributed by atoms with Crippen molar-refractivity contribution in [1.29, 1.82) is 0 Å². The fourth-order valence-corrected chi connectivity index (χ4v) is 7.44. The van der Waals surface area contributed by atoms with Crippen molar-refractivity contribution in [3.63, 3.8) is 0 Å². The normalized spacial score (nSPS) is 45.9. The van der Waals surface area contributed by atoms with E-state index in [1.165, 1.54) is 18.9 Å². The summed E-state index contributed by atoms with van der Waals surface area (Å²) >= 11 is 0. The largest absolute Gasteiger partial charge is 0.458 e. The van der Waals surface area contributed by atoms with Crippen molar-refractivity contribution in [3.8, 4) is 0 Å². The van der Waals surface area contributed by atoms with Gasteiger partial charge in [-0.1, -0.05) is 25.5 Å². The highest BCUT2D eigenvalue weighted by Gasteiger charge is 2.59. The molecule has 27 heavy (non-hydrogen) atoms. The van der Waals surface area contributed by atoms with Gasteiger partial charge in [0, 0.05) is 12.8 Å². The average molecular weight is 375 g/mol. The number of carbonyl (C=O) groups is 2. The highest BCUT2D eigenvalue weighted by Crippen LogP contribution is 2.66. The Balaban J connectivity index is 1.55. The number of hydrogen-bond acceptors (Lipinski definition) is 4. The molecule has 7 atom stereocenters. The second-order valence-electron chi connectivity index (χ2n) is 10.1. The Labute approximate surface area is 162 Å². The summed E-state index contributed by atoms with van der Waals surface area (Å²) in [5.41, 5.74) is 1.78. The quantitative estimate of drug-likeness (QED) is 0.598. The highest BCUT2D eigenvalue weighted by atomic mass is 16.5. The Morgan fingerprint density at radius 3 is 2.67 bits per heavy atom. The first-order valence-corrected chi connectivity index (χ1v) is 10.8. The van der Waals surface area contributed by atoms with Crippen LogP contribution in [0.5, 0.6) is 0 Å². The van der Waals surface area contributed by atoms with Crippen molar-refractivity contribution >= 4 is 11.8 Å². The van der Waals surface area contributed by atoms with E-state index in [0.717, 1.165) is 44.9 Å². The maximum atomic E-state index is 12.8. The van der Waals surface area contributed by atoms with E-state index >= 15 is 0 Å². The zero-order chi connectivity index (χ0) is 19.4. The lowest BCUT2D eigenvalue weighted by Crippen LogP contribution is -2.51. The minimum absolute atomic E-state index is 0.0363. The molecule has 150 valence electrons. The molecule has 0 bridgehead atoms. The first-order chi connectivity index (χ1) is 12.8. The monoisotopic (exact) mass is 374 g/mol. The first-order valence-electron chi connectivity index (χ1n) is 10.8. The van der Waals surface area contributed by atoms with Crippen LogP contribution in [0.1, 0.15) is 72.1 Å². The van der Waals surface area contributed by atoms with Gasteiger partial charge >= 0.3 is 5.97 Å². The van der Waals surface area contributed by atoms with Gasteiger partial charge in [-0.3, -0.25) is 9.59 Å². The van der Waals surface area contributed by atoms with Crippen LogP contribution in [0.3, 0.4) is 0 Å². The number of hydrogen-bond donors (Lipinski definition) is 1. The van der Waals surface area contributed by atoms with E-state index in [9.17, 15) is 14.7 Å². The fourth-order valence-electron chi connectivity index (χ4n) is 7.44. The number of allylic oxidation sites excluding steroid dienone is 1. The number of aliphatic hydroxyl groups is 1. The summed E-state index contributed by atoms with van der Waals surface area (Å²) in [6.45, 7) is 6.06. The van der Waals surface area contributed by atoms with Crippen molar-refractivity contribution in [2.24, 2.45) is 34.5 Å². The number of fused-ring (bicyclic) bond motifs is 5. The standard InChI is InChI=1S/C23H34O4/c1-14(24)27-13-21(26)20-7-6-18-17-5-4-15-12-16(25)8-10-22(15,2)19(17)9-11-23(18,20)3/h4,16-20,25H,5-13H2,1-3H3/t16-,17-,18-,19-,20+,22-,23-/m1/s1. The lowest BCUT2D eigenvalue weighted by atomic mass is 9.47. The molecule has 0 spiro atoms. The molecule has 1 N–H and O–H groups in total. The molecule has 3 fully saturated rings. The zero-order valence-electron chi connectivity index (χ0n) is 17.0. The summed E-state index contributed by atoms with van der Waals surface area (Å²) in [5.74, 6) is 1.71. The summed E-state index contributed by atoms with van der Waals surface area (Å²) in [6, 6.07) is 0. The van der Waals surface area contributed by atoms with Gasteiger partial charge in [0.25, 0.3) is 0 Å². The molecule has 0 saturated heterocycles. The maximum Gasteiger partial charge on any atom is 0.303 e. The van der Waals surface area contributed by atoms with Crippen LogP contribution < -0.4 is 0 Å². The number of carbonyl (C=O) groups excluding carboxylic acids is 2. The molecule has 0 aromatic rings. The number of esters is 1. The van der Waals surface area contributed by atoms with Gasteiger partial charge in [-0.2, -0.15) is 0 Å². The van der Waals surface area contributed by atoms with Crippen LogP contribution in [0, 0.1) is 34.5 Å². The van der Waals surface area contributed by atoms with E-state index in [4.69, 9.17) is 4.74 Å². The molecule has 4 nitrogen and oxygen atoms in total. The lowest BCUT2D eigenvalue weighted by molar-refractivity contribution is -0.149. The predicted octanol–water partition coefficient (Wildman–Crippen LogP) is 4.06. The third-order valence-electron chi connectivity index (χ3n) is 8.88. The lowest BCUT2D eigenvalue weighted by Gasteiger charge is -2.57. The van der Waals surface area contributed by atoms with E-state index in [1.807, 2.05) is 0 Å². The van der Waals surface area contributed by atoms with Gasteiger partial charge in [0.1, 0.15) is 6.61 Å². The summed E-state index contributed by atoms with van der Waals surface area (Å²) in [4.78, 5) is 23.9. The molecule has 4 heteroatoms. The van der Waals surface area contributed by atoms with E-state index in [-0.39, 0.29) is 41.2 Å². The van der Waals surface area contributed by atoms with E-state index in [0.29, 0.717) is 17.8 Å². The molecule has 4 rings (SSSR count). The van der Waals surface area contributed by atoms with Crippen LogP contribution in [0.4, 0.5) is 0 Å². The summed E-state index contributed by atoms with van der Waals surface area (Å²) in [6.07, 6.45) is 10.6. The smallest absolute Gasteiger partial charge is 0.303 e. The molecule has 0 radical (unpaired) electrons. The number of aliphatic hydroxyl groups excluding tert-OH is 1. The van der Waals surface area contributed by atoms with Crippen molar-refractivity contribution < 1.29 is 19.4 Å². The Hall–Kier alpha value is -1.16. The molecular formula is C23H34O4. The Morgan fingerprint density at radius 2 is 1.93 bits per heavy atom. The third kappa shape index (κ3) is 2.99. The van der Waals surface area contributed by atoms with Gasteiger partial charge in [0.05, 0.1) is 6.10 Å². The summed E-state index contributed by atoms with van der Waals surface area (Å²) in [5, 5.41) is 10.1. The number of rotatable bonds is 3. The molecule has 0 aromatic heterocycles. The predicted molar refractivity (Wildman–Crippen MR) is 103 cm³/mol. The minimum Gasteiger partial charge on any atom is -0.458 e. The van der Waals surface area contributed by atoms with Crippen molar-refractivity contribution in [3.05, 3.63) is 11.6 Å². The van der Waals surface area contributed by atoms with Gasteiger partial charge in [0.2, 0.25) is 0 Å². The molecule has 0 amide bonds. The number of Topliss-reactive ketones (excluding diaryl/α,β-unsaturated/α-hetero) is 1. The maximum absolute atomic E-state index is 12.8. The molecule has 4 aliphatic carbocycles. The van der Waals surface area contributed by atoms with Gasteiger partial charge < -0.3 is 9.84 Å². The summed E-state index contributed by atoms with van der Waals surface area (Å²) in [7, 11) is 0. The number of ether oxygens (including phenoxy) is 1. The Kier molecular flexibility index (Phi) is 4.77. The Bertz CT molecular complexity index is 667. The van der Waals surface area contributed by atoms with Crippen LogP contribution in [0.25, 0.3) is 0 Å². The number of ketones is 1. The minimum atomic E-state index is -0.371. The van der Waals surface area contributed by atoms with Crippen LogP contribution in [-0.2, 0) is 14.3 Å². The fraction of sp³-hybridized carbons (Fsp3) is 0.826. The SMILES string of the molecule is CC(=O)OCC(=O)[C@@H]1CC[C@@H]2[C@H]3CC=C4C[C@H](O)CC[C@@]4(C)[C@@H]3CC[C@]21C. The van der Waals surface area contributed by atoms with Crippen LogP contribution in [-0.4, -0.2) is 29.6 Å². The topological polar surface area (TPSA) is 63.6 Å². The van der Waals surface area contributed by atoms with Gasteiger partial charge in [0.15, 0.2) is 5.78 Å². The van der Waals surface area contributed by atoms with Crippen LogP contribution in [0.2, 0.25) is 0 Å². The molecule has 0 aromatic carbocycles. The zero-order valence-corrected chi connectivity index (χ0v) is 17.0. The van der Waals surface area contributed by atoms with E-state index in [2.05, 4.69) is 19.9 Å². The third-order valence-corrected chi connectivity index (χ3v) is 8.88. The van der Waals surface area contributed by atoms with Crippen LogP contribution in [0.15, 0.2) is 11.6 Å². The Morgan fingerprint density at radius 1 is 1.15 bits per heavy atom. The average Bonchev–Trinajstić information content (AvgIpc) is 2.97. The van der Waals surface area contributed by atoms with E-state index in [1.54, 1.807) is 0 Å². The second kappa shape index (κ2) is 6.72. The van der Waals surface area contributed by atoms with Crippen molar-refractivity contribution in [2.75, 3.05) is 6.61 Å². The summed E-state index contributed by atoms with van der Waals surface area (Å²) < 4.78 is 5.02. The van der Waals surface area contributed by atoms with Gasteiger partial charge in [-0.25, -0.2) is 0 Å². The van der Waals surface area contributed by atoms with Gasteiger partial charge in [-0.05, 0) is 80.0 Å². The molecule has 3 saturated carbocycles. The van der Waals surface area contributed by atoms with E-state index < -0.39 is 0 Å². The second-order valence-corrected chi connectivity index (χ2v) is 10.1. The van der Waals surface area contributed by atoms with Crippen LogP contribution >= 0.6 is 0 Å².